The zero-order valence-electron chi connectivity index (χ0n) is 24.5. The highest BCUT2D eigenvalue weighted by molar-refractivity contribution is 6.37. The van der Waals surface area contributed by atoms with Gasteiger partial charge in [0.2, 0.25) is 17.6 Å². The number of likely N-dealkylation sites (tertiary alicyclic amines) is 1. The number of carbonyl (C=O) groups is 5. The van der Waals surface area contributed by atoms with E-state index in [1.54, 1.807) is 0 Å². The molecule has 1 saturated heterocycles. The molecule has 5 amide bonds. The number of rotatable bonds is 10. The molecular formula is C29H47N5O6. The van der Waals surface area contributed by atoms with Crippen LogP contribution >= 0.6 is 0 Å². The molecule has 11 nitrogen and oxygen atoms in total. The minimum Gasteiger partial charge on any atom is -0.394 e. The van der Waals surface area contributed by atoms with Gasteiger partial charge in [0.15, 0.2) is 0 Å². The molecule has 11 heteroatoms. The Labute approximate surface area is 236 Å². The van der Waals surface area contributed by atoms with E-state index in [2.05, 4.69) is 29.8 Å². The summed E-state index contributed by atoms with van der Waals surface area (Å²) in [5.41, 5.74) is 3.73. The molecule has 224 valence electrons. The second kappa shape index (κ2) is 10.9. The zero-order valence-corrected chi connectivity index (χ0v) is 24.5. The van der Waals surface area contributed by atoms with Gasteiger partial charge in [-0.3, -0.25) is 19.2 Å². The molecule has 4 fully saturated rings. The third kappa shape index (κ3) is 6.14. The van der Waals surface area contributed by atoms with Crippen LogP contribution < -0.4 is 21.7 Å². The summed E-state index contributed by atoms with van der Waals surface area (Å²) in [7, 11) is 0. The average Bonchev–Trinajstić information content (AvgIpc) is 3.73. The summed E-state index contributed by atoms with van der Waals surface area (Å²) >= 11 is 0. The van der Waals surface area contributed by atoms with Crippen molar-refractivity contribution < 1.29 is 29.1 Å². The first-order valence-corrected chi connectivity index (χ1v) is 14.8. The van der Waals surface area contributed by atoms with Crippen molar-refractivity contribution >= 4 is 29.5 Å². The minimum absolute atomic E-state index is 0.101. The maximum absolute atomic E-state index is 14.1. The van der Waals surface area contributed by atoms with Gasteiger partial charge in [0.05, 0.1) is 18.2 Å². The molecule has 0 aromatic rings. The van der Waals surface area contributed by atoms with Gasteiger partial charge in [0, 0.05) is 6.54 Å². The summed E-state index contributed by atoms with van der Waals surface area (Å²) in [4.78, 5) is 66.7. The Morgan fingerprint density at radius 1 is 1.02 bits per heavy atom. The van der Waals surface area contributed by atoms with E-state index < -0.39 is 52.7 Å². The first-order chi connectivity index (χ1) is 18.6. The monoisotopic (exact) mass is 561 g/mol. The van der Waals surface area contributed by atoms with Crippen LogP contribution in [0.3, 0.4) is 0 Å². The largest absolute Gasteiger partial charge is 0.394 e. The van der Waals surface area contributed by atoms with Crippen molar-refractivity contribution in [3.8, 4) is 0 Å². The molecule has 40 heavy (non-hydrogen) atoms. The summed E-state index contributed by atoms with van der Waals surface area (Å²) in [5, 5.41) is 18.6. The first kappa shape index (κ1) is 30.3. The molecule has 3 aliphatic carbocycles. The predicted molar refractivity (Wildman–Crippen MR) is 148 cm³/mol. The van der Waals surface area contributed by atoms with Crippen molar-refractivity contribution in [2.24, 2.45) is 34.3 Å². The number of nitrogens with two attached hydrogens (primary N) is 1. The Balaban J connectivity index is 1.52. The highest BCUT2D eigenvalue weighted by Gasteiger charge is 2.70. The molecule has 6 N–H and O–H groups in total. The third-order valence-electron chi connectivity index (χ3n) is 9.78. The lowest BCUT2D eigenvalue weighted by Crippen LogP contribution is -2.63. The van der Waals surface area contributed by atoms with E-state index in [0.717, 1.165) is 32.1 Å². The molecule has 0 radical (unpaired) electrons. The second-order valence-electron chi connectivity index (χ2n) is 14.3. The number of hydrogen-bond acceptors (Lipinski definition) is 6. The summed E-state index contributed by atoms with van der Waals surface area (Å²) < 4.78 is 0. The number of nitrogens with one attached hydrogen (secondary N) is 3. The Kier molecular flexibility index (Phi) is 8.28. The van der Waals surface area contributed by atoms with E-state index in [0.29, 0.717) is 25.8 Å². The highest BCUT2D eigenvalue weighted by atomic mass is 16.3. The van der Waals surface area contributed by atoms with E-state index >= 15 is 0 Å². The van der Waals surface area contributed by atoms with E-state index in [1.165, 1.54) is 4.90 Å². The van der Waals surface area contributed by atoms with Crippen LogP contribution in [-0.2, 0) is 19.2 Å². The molecule has 1 unspecified atom stereocenters. The number of carbonyl (C=O) groups excluding carboxylic acids is 5. The Morgan fingerprint density at radius 2 is 1.65 bits per heavy atom. The average molecular weight is 562 g/mol. The number of primary amides is 1. The van der Waals surface area contributed by atoms with Gasteiger partial charge >= 0.3 is 6.03 Å². The number of Topliss-reactive ketones (excluding diaryl/α,β-unsaturated/α-hetero) is 1. The molecule has 0 spiro atoms. The predicted octanol–water partition coefficient (Wildman–Crippen LogP) is 1.22. The van der Waals surface area contributed by atoms with Gasteiger partial charge in [0.25, 0.3) is 5.91 Å². The fourth-order valence-corrected chi connectivity index (χ4v) is 6.93. The van der Waals surface area contributed by atoms with E-state index in [4.69, 9.17) is 5.73 Å². The molecule has 0 aromatic carbocycles. The number of amides is 5. The van der Waals surface area contributed by atoms with Gasteiger partial charge < -0.3 is 31.7 Å². The van der Waals surface area contributed by atoms with Crippen molar-refractivity contribution in [2.45, 2.75) is 110 Å². The maximum Gasteiger partial charge on any atom is 0.315 e. The Bertz CT molecular complexity index is 1040. The van der Waals surface area contributed by atoms with E-state index in [-0.39, 0.29) is 35.7 Å². The molecule has 5 atom stereocenters. The maximum atomic E-state index is 14.1. The molecule has 1 heterocycles. The number of aliphatic hydroxyl groups excluding tert-OH is 1. The molecule has 1 aliphatic heterocycles. The van der Waals surface area contributed by atoms with Gasteiger partial charge in [0.1, 0.15) is 12.1 Å². The van der Waals surface area contributed by atoms with Gasteiger partial charge in [-0.25, -0.2) is 4.79 Å². The zero-order chi connectivity index (χ0) is 29.6. The number of hydrogen-bond donors (Lipinski definition) is 5. The molecular weight excluding hydrogens is 514 g/mol. The standard InChI is InChI=1S/C29H47N5O6/c1-27(2,3)22(32-26(40)33-29(15-35)11-7-6-8-12-29)25(39)34-14-17-19(28(17,4)5)20(34)24(38)31-18(13-16-9-10-16)21(36)23(30)37/h16-20,22,35H,6-15H2,1-5H3,(H2,30,37)(H,31,38)(H2,32,33,40)/t17-,18?,19-,20-,22+/m0/s1. The van der Waals surface area contributed by atoms with Crippen LogP contribution in [-0.4, -0.2) is 76.4 Å². The van der Waals surface area contributed by atoms with Crippen molar-refractivity contribution in [1.29, 1.82) is 0 Å². The summed E-state index contributed by atoms with van der Waals surface area (Å²) in [6, 6.07) is -3.29. The number of ketones is 1. The lowest BCUT2D eigenvalue weighted by Gasteiger charge is -2.40. The normalized spacial score (nSPS) is 28.1. The molecule has 0 bridgehead atoms. The first-order valence-electron chi connectivity index (χ1n) is 14.8. The van der Waals surface area contributed by atoms with Crippen LogP contribution in [0.2, 0.25) is 0 Å². The van der Waals surface area contributed by atoms with Crippen LogP contribution in [0, 0.1) is 28.6 Å². The van der Waals surface area contributed by atoms with Crippen LogP contribution in [0.4, 0.5) is 4.79 Å². The number of fused-ring (bicyclic) bond motifs is 1. The number of aliphatic hydroxyl groups is 1. The molecule has 4 aliphatic rings. The quantitative estimate of drug-likeness (QED) is 0.251. The van der Waals surface area contributed by atoms with Crippen molar-refractivity contribution in [1.82, 2.24) is 20.9 Å². The topological polar surface area (TPSA) is 171 Å². The lowest BCUT2D eigenvalue weighted by molar-refractivity contribution is -0.145. The van der Waals surface area contributed by atoms with Crippen LogP contribution in [0.1, 0.15) is 86.0 Å². The Hall–Kier alpha value is -2.69. The van der Waals surface area contributed by atoms with E-state index in [1.807, 2.05) is 20.8 Å². The highest BCUT2D eigenvalue weighted by Crippen LogP contribution is 2.65. The van der Waals surface area contributed by atoms with Crippen molar-refractivity contribution in [2.75, 3.05) is 13.2 Å². The van der Waals surface area contributed by atoms with Crippen molar-refractivity contribution in [3.63, 3.8) is 0 Å². The SMILES string of the molecule is CC(C)(C)[C@H](NC(=O)NC1(CO)CCCCC1)C(=O)N1C[C@H]2[C@@H]([C@H]1C(=O)NC(CC1CC1)C(=O)C(N)=O)C2(C)C. The fraction of sp³-hybridized carbons (Fsp3) is 0.828. The van der Waals surface area contributed by atoms with Gasteiger partial charge in [-0.1, -0.05) is 66.7 Å². The molecule has 3 saturated carbocycles. The van der Waals surface area contributed by atoms with E-state index in [9.17, 15) is 29.1 Å². The summed E-state index contributed by atoms with van der Waals surface area (Å²) in [5.74, 6) is -2.48. The van der Waals surface area contributed by atoms with Crippen molar-refractivity contribution in [3.05, 3.63) is 0 Å². The van der Waals surface area contributed by atoms with Crippen LogP contribution in [0.15, 0.2) is 0 Å². The molecule has 0 aromatic heterocycles. The number of urea groups is 1. The van der Waals surface area contributed by atoms with Crippen LogP contribution in [0.5, 0.6) is 0 Å². The summed E-state index contributed by atoms with van der Waals surface area (Å²) in [6.45, 7) is 9.87. The van der Waals surface area contributed by atoms with Gasteiger partial charge in [-0.15, -0.1) is 0 Å². The third-order valence-corrected chi connectivity index (χ3v) is 9.78. The van der Waals surface area contributed by atoms with Gasteiger partial charge in [-0.05, 0) is 47.8 Å². The fourth-order valence-electron chi connectivity index (χ4n) is 6.93. The number of nitrogens with zero attached hydrogens (tertiary/aromatic N) is 1. The smallest absolute Gasteiger partial charge is 0.315 e. The minimum atomic E-state index is -1.09. The summed E-state index contributed by atoms with van der Waals surface area (Å²) in [6.07, 6.45) is 6.43. The second-order valence-corrected chi connectivity index (χ2v) is 14.3. The lowest BCUT2D eigenvalue weighted by atomic mass is 9.82. The molecule has 4 rings (SSSR count). The number of piperidine rings is 1. The van der Waals surface area contributed by atoms with Crippen LogP contribution in [0.25, 0.3) is 0 Å². The Morgan fingerprint density at radius 3 is 2.17 bits per heavy atom. The van der Waals surface area contributed by atoms with Gasteiger partial charge in [-0.2, -0.15) is 0 Å².